The summed E-state index contributed by atoms with van der Waals surface area (Å²) >= 11 is 0. The predicted molar refractivity (Wildman–Crippen MR) is 92.1 cm³/mol. The van der Waals surface area contributed by atoms with Crippen molar-refractivity contribution in [3.05, 3.63) is 0 Å². The molecular weight excluding hydrogens is 376 g/mol. The Bertz CT molecular complexity index is 549. The van der Waals surface area contributed by atoms with Crippen LogP contribution in [-0.4, -0.2) is 78.1 Å². The van der Waals surface area contributed by atoms with Gasteiger partial charge in [0.1, 0.15) is 0 Å². The molecule has 2 rings (SSSR count). The van der Waals surface area contributed by atoms with E-state index in [0.29, 0.717) is 12.8 Å². The molecule has 0 aromatic carbocycles. The van der Waals surface area contributed by atoms with Gasteiger partial charge in [-0.15, -0.1) is 0 Å². The molecule has 0 spiro atoms. The first-order valence-electron chi connectivity index (χ1n) is 9.45. The molecule has 2 aliphatic rings. The molecule has 0 bridgehead atoms. The van der Waals surface area contributed by atoms with Crippen molar-refractivity contribution >= 4 is 17.9 Å². The van der Waals surface area contributed by atoms with Gasteiger partial charge in [0.2, 0.25) is 0 Å². The monoisotopic (exact) mass is 404 g/mol. The quantitative estimate of drug-likeness (QED) is 0.280. The van der Waals surface area contributed by atoms with Crippen molar-refractivity contribution in [3.63, 3.8) is 0 Å². The topological polar surface area (TPSA) is 193 Å². The highest BCUT2D eigenvalue weighted by molar-refractivity contribution is 5.73. The van der Waals surface area contributed by atoms with E-state index in [1.54, 1.807) is 0 Å². The van der Waals surface area contributed by atoms with E-state index < -0.39 is 71.9 Å². The van der Waals surface area contributed by atoms with E-state index in [1.807, 2.05) is 0 Å². The third kappa shape index (κ3) is 4.80. The molecule has 2 aliphatic carbocycles. The van der Waals surface area contributed by atoms with Crippen LogP contribution in [0.3, 0.4) is 0 Å². The third-order valence-corrected chi connectivity index (χ3v) is 6.42. The first-order valence-corrected chi connectivity index (χ1v) is 9.45. The smallest absolute Gasteiger partial charge is 0.332 e. The second kappa shape index (κ2) is 9.17. The molecule has 2 saturated carbocycles. The predicted octanol–water partition coefficient (Wildman–Crippen LogP) is -0.867. The highest BCUT2D eigenvalue weighted by Gasteiger charge is 2.47. The zero-order chi connectivity index (χ0) is 21.2. The molecule has 10 heteroatoms. The molecule has 0 radical (unpaired) electrons. The molecule has 0 heterocycles. The van der Waals surface area contributed by atoms with Gasteiger partial charge in [-0.25, -0.2) is 9.59 Å². The molecule has 8 atom stereocenters. The Balaban J connectivity index is 2.19. The minimum absolute atomic E-state index is 0.0107. The van der Waals surface area contributed by atoms with Gasteiger partial charge in [0.15, 0.2) is 12.2 Å². The fraction of sp³-hybridized carbons (Fsp3) is 0.833. The largest absolute Gasteiger partial charge is 0.481 e. The number of aliphatic hydroxyl groups is 4. The first kappa shape index (κ1) is 22.5. The van der Waals surface area contributed by atoms with Gasteiger partial charge in [0.25, 0.3) is 0 Å². The lowest BCUT2D eigenvalue weighted by Gasteiger charge is -2.42. The molecule has 28 heavy (non-hydrogen) atoms. The van der Waals surface area contributed by atoms with E-state index >= 15 is 0 Å². The lowest BCUT2D eigenvalue weighted by Crippen LogP contribution is -2.47. The third-order valence-electron chi connectivity index (χ3n) is 6.42. The number of hydrogen-bond donors (Lipinski definition) is 7. The lowest BCUT2D eigenvalue weighted by atomic mass is 9.63. The van der Waals surface area contributed by atoms with Gasteiger partial charge >= 0.3 is 17.9 Å². The van der Waals surface area contributed by atoms with Crippen LogP contribution in [0.2, 0.25) is 0 Å². The fourth-order valence-corrected chi connectivity index (χ4v) is 4.93. The second-order valence-electron chi connectivity index (χ2n) is 8.04. The van der Waals surface area contributed by atoms with Crippen LogP contribution in [0, 0.1) is 29.6 Å². The summed E-state index contributed by atoms with van der Waals surface area (Å²) in [4.78, 5) is 34.2. The molecule has 0 aromatic rings. The highest BCUT2D eigenvalue weighted by Crippen LogP contribution is 2.44. The van der Waals surface area contributed by atoms with Gasteiger partial charge < -0.3 is 35.7 Å². The summed E-state index contributed by atoms with van der Waals surface area (Å²) in [6, 6.07) is 0. The maximum absolute atomic E-state index is 12.0. The summed E-state index contributed by atoms with van der Waals surface area (Å²) in [6.07, 6.45) is -4.73. The number of aliphatic hydroxyl groups excluding tert-OH is 4. The molecule has 10 nitrogen and oxygen atoms in total. The van der Waals surface area contributed by atoms with Gasteiger partial charge in [-0.2, -0.15) is 0 Å². The summed E-state index contributed by atoms with van der Waals surface area (Å²) in [5, 5.41) is 67.6. The van der Waals surface area contributed by atoms with Gasteiger partial charge in [-0.3, -0.25) is 4.79 Å². The van der Waals surface area contributed by atoms with Crippen molar-refractivity contribution in [1.82, 2.24) is 0 Å². The van der Waals surface area contributed by atoms with E-state index in [-0.39, 0.29) is 25.7 Å². The van der Waals surface area contributed by atoms with Crippen molar-refractivity contribution in [2.45, 2.75) is 62.9 Å². The minimum Gasteiger partial charge on any atom is -0.481 e. The summed E-state index contributed by atoms with van der Waals surface area (Å²) in [5.74, 6) is -8.06. The Hall–Kier alpha value is -1.75. The maximum Gasteiger partial charge on any atom is 0.332 e. The molecule has 0 aliphatic heterocycles. The Morgan fingerprint density at radius 3 is 1.29 bits per heavy atom. The molecule has 2 fully saturated rings. The van der Waals surface area contributed by atoms with Crippen molar-refractivity contribution in [3.8, 4) is 0 Å². The Morgan fingerprint density at radius 1 is 0.643 bits per heavy atom. The van der Waals surface area contributed by atoms with E-state index in [0.717, 1.165) is 0 Å². The van der Waals surface area contributed by atoms with Crippen molar-refractivity contribution in [1.29, 1.82) is 0 Å². The summed E-state index contributed by atoms with van der Waals surface area (Å²) in [5.41, 5.74) is 0. The number of aliphatic carboxylic acids is 3. The van der Waals surface area contributed by atoms with E-state index in [4.69, 9.17) is 10.2 Å². The minimum atomic E-state index is -1.80. The zero-order valence-corrected chi connectivity index (χ0v) is 15.3. The molecule has 7 N–H and O–H groups in total. The van der Waals surface area contributed by atoms with E-state index in [2.05, 4.69) is 0 Å². The molecule has 8 unspecified atom stereocenters. The van der Waals surface area contributed by atoms with Gasteiger partial charge in [-0.1, -0.05) is 0 Å². The number of rotatable bonds is 7. The van der Waals surface area contributed by atoms with E-state index in [9.17, 15) is 39.9 Å². The Labute approximate surface area is 161 Å². The van der Waals surface area contributed by atoms with Crippen LogP contribution >= 0.6 is 0 Å². The maximum atomic E-state index is 12.0. The Morgan fingerprint density at radius 2 is 1.00 bits per heavy atom. The molecule has 0 amide bonds. The van der Waals surface area contributed by atoms with E-state index in [1.165, 1.54) is 0 Å². The number of carboxylic acids is 3. The van der Waals surface area contributed by atoms with Crippen molar-refractivity contribution in [2.24, 2.45) is 29.6 Å². The van der Waals surface area contributed by atoms with Crippen LogP contribution in [0.15, 0.2) is 0 Å². The number of carboxylic acid groups (broad SMARTS) is 3. The summed E-state index contributed by atoms with van der Waals surface area (Å²) in [7, 11) is 0. The van der Waals surface area contributed by atoms with Crippen LogP contribution in [-0.2, 0) is 14.4 Å². The highest BCUT2D eigenvalue weighted by atomic mass is 16.4. The van der Waals surface area contributed by atoms with Crippen molar-refractivity contribution in [2.75, 3.05) is 0 Å². The van der Waals surface area contributed by atoms with Crippen LogP contribution in [0.4, 0.5) is 0 Å². The normalized spacial score (nSPS) is 36.9. The first-order chi connectivity index (χ1) is 13.0. The zero-order valence-electron chi connectivity index (χ0n) is 15.3. The Kier molecular flexibility index (Phi) is 7.38. The van der Waals surface area contributed by atoms with Crippen LogP contribution in [0.1, 0.15) is 38.5 Å². The SMILES string of the molecule is O=C(O)C(O)C1CC(C(C(=O)O)C2CCC(O)C(C(O)C(=O)O)C2)CCC1O. The molecule has 0 saturated heterocycles. The number of hydrogen-bond acceptors (Lipinski definition) is 7. The average Bonchev–Trinajstić information content (AvgIpc) is 2.62. The standard InChI is InChI=1S/C18H28O10/c19-11-3-1-7(5-9(11)14(21)17(25)26)13(16(23)24)8-2-4-12(20)10(6-8)15(22)18(27)28/h7-15,19-22H,1-6H2,(H,23,24)(H,25,26)(H,27,28). The van der Waals surface area contributed by atoms with Crippen LogP contribution in [0.5, 0.6) is 0 Å². The summed E-state index contributed by atoms with van der Waals surface area (Å²) in [6.45, 7) is 0. The second-order valence-corrected chi connectivity index (χ2v) is 8.04. The average molecular weight is 404 g/mol. The van der Waals surface area contributed by atoms with Crippen LogP contribution < -0.4 is 0 Å². The molecular formula is C18H28O10. The summed E-state index contributed by atoms with van der Waals surface area (Å²) < 4.78 is 0. The molecule has 160 valence electrons. The number of carbonyl (C=O) groups is 3. The fourth-order valence-electron chi connectivity index (χ4n) is 4.93. The molecule has 0 aromatic heterocycles. The van der Waals surface area contributed by atoms with Gasteiger partial charge in [0, 0.05) is 11.8 Å². The van der Waals surface area contributed by atoms with Gasteiger partial charge in [0.05, 0.1) is 18.1 Å². The van der Waals surface area contributed by atoms with Gasteiger partial charge in [-0.05, 0) is 50.4 Å². The van der Waals surface area contributed by atoms with Crippen LogP contribution in [0.25, 0.3) is 0 Å². The van der Waals surface area contributed by atoms with Crippen molar-refractivity contribution < 1.29 is 50.1 Å². The lowest BCUT2D eigenvalue weighted by molar-refractivity contribution is -0.159.